The number of fused-ring (bicyclic) bond motifs is 1. The van der Waals surface area contributed by atoms with E-state index in [1.54, 1.807) is 0 Å². The molecule has 0 fully saturated rings. The summed E-state index contributed by atoms with van der Waals surface area (Å²) in [6.45, 7) is 0.779. The van der Waals surface area contributed by atoms with Gasteiger partial charge in [0.25, 0.3) is 0 Å². The van der Waals surface area contributed by atoms with Crippen molar-refractivity contribution < 1.29 is 0 Å². The Bertz CT molecular complexity index is 721. The number of rotatable bonds is 3. The first-order chi connectivity index (χ1) is 9.22. The molecule has 0 atom stereocenters. The van der Waals surface area contributed by atoms with Crippen molar-refractivity contribution in [3.63, 3.8) is 0 Å². The van der Waals surface area contributed by atoms with Gasteiger partial charge in [-0.2, -0.15) is 0 Å². The zero-order chi connectivity index (χ0) is 13.4. The first-order valence-electron chi connectivity index (χ1n) is 6.42. The number of hydrogen-bond acceptors (Lipinski definition) is 2. The summed E-state index contributed by atoms with van der Waals surface area (Å²) in [6, 6.07) is 8.46. The average molecular weight is 254 g/mol. The number of nitrogens with one attached hydrogen (secondary N) is 1. The molecule has 0 aliphatic rings. The highest BCUT2D eigenvalue weighted by atomic mass is 15.1. The second-order valence-electron chi connectivity index (χ2n) is 4.82. The van der Waals surface area contributed by atoms with E-state index in [1.807, 2.05) is 13.2 Å². The van der Waals surface area contributed by atoms with Crippen LogP contribution in [-0.2, 0) is 20.6 Å². The number of benzene rings is 1. The molecule has 0 saturated heterocycles. The lowest BCUT2D eigenvalue weighted by molar-refractivity contribution is 0.712. The van der Waals surface area contributed by atoms with Gasteiger partial charge in [0, 0.05) is 36.8 Å². The van der Waals surface area contributed by atoms with Gasteiger partial charge in [0.1, 0.15) is 5.82 Å². The van der Waals surface area contributed by atoms with E-state index < -0.39 is 0 Å². The highest BCUT2D eigenvalue weighted by Gasteiger charge is 2.13. The first-order valence-corrected chi connectivity index (χ1v) is 6.42. The number of nitrogens with zero attached hydrogens (tertiary/aromatic N) is 3. The monoisotopic (exact) mass is 254 g/mol. The molecule has 0 aliphatic carbocycles. The zero-order valence-corrected chi connectivity index (χ0v) is 11.5. The Morgan fingerprint density at radius 1 is 1.21 bits per heavy atom. The van der Waals surface area contributed by atoms with Crippen molar-refractivity contribution in [1.82, 2.24) is 19.4 Å². The Morgan fingerprint density at radius 3 is 2.79 bits per heavy atom. The van der Waals surface area contributed by atoms with Gasteiger partial charge in [-0.15, -0.1) is 0 Å². The van der Waals surface area contributed by atoms with Crippen LogP contribution < -0.4 is 5.32 Å². The van der Waals surface area contributed by atoms with Crippen molar-refractivity contribution in [3.8, 4) is 11.3 Å². The summed E-state index contributed by atoms with van der Waals surface area (Å²) >= 11 is 0. The van der Waals surface area contributed by atoms with Crippen LogP contribution in [0, 0.1) is 0 Å². The Morgan fingerprint density at radius 2 is 2.00 bits per heavy atom. The van der Waals surface area contributed by atoms with Gasteiger partial charge in [-0.05, 0) is 13.1 Å². The van der Waals surface area contributed by atoms with E-state index in [0.29, 0.717) is 0 Å². The molecule has 0 bridgehead atoms. The Hall–Kier alpha value is -2.07. The first kappa shape index (κ1) is 12.0. The van der Waals surface area contributed by atoms with Gasteiger partial charge in [0.2, 0.25) is 0 Å². The molecular formula is C15H18N4. The van der Waals surface area contributed by atoms with Gasteiger partial charge < -0.3 is 14.5 Å². The molecule has 0 unspecified atom stereocenters. The SMILES string of the molecule is CNCc1ncc(-c2cn(C)c3ccccc23)n1C. The zero-order valence-electron chi connectivity index (χ0n) is 11.5. The van der Waals surface area contributed by atoms with Gasteiger partial charge >= 0.3 is 0 Å². The summed E-state index contributed by atoms with van der Waals surface area (Å²) in [6.07, 6.45) is 4.12. The van der Waals surface area contributed by atoms with E-state index in [1.165, 1.54) is 16.5 Å². The fourth-order valence-electron chi connectivity index (χ4n) is 2.57. The Kier molecular flexibility index (Phi) is 2.87. The topological polar surface area (TPSA) is 34.8 Å². The molecule has 1 aromatic carbocycles. The minimum atomic E-state index is 0.779. The number of imidazole rings is 1. The number of aryl methyl sites for hydroxylation is 1. The van der Waals surface area contributed by atoms with Crippen LogP contribution in [0.2, 0.25) is 0 Å². The Labute approximate surface area is 112 Å². The molecule has 0 radical (unpaired) electrons. The molecule has 2 heterocycles. The van der Waals surface area contributed by atoms with E-state index in [4.69, 9.17) is 0 Å². The second-order valence-corrected chi connectivity index (χ2v) is 4.82. The third kappa shape index (κ3) is 1.85. The molecule has 0 amide bonds. The van der Waals surface area contributed by atoms with Gasteiger partial charge in [-0.1, -0.05) is 18.2 Å². The quantitative estimate of drug-likeness (QED) is 0.778. The van der Waals surface area contributed by atoms with Crippen molar-refractivity contribution in [2.75, 3.05) is 7.05 Å². The van der Waals surface area contributed by atoms with Crippen LogP contribution in [0.15, 0.2) is 36.7 Å². The third-order valence-electron chi connectivity index (χ3n) is 3.59. The summed E-state index contributed by atoms with van der Waals surface area (Å²) in [7, 11) is 6.08. The summed E-state index contributed by atoms with van der Waals surface area (Å²) in [4.78, 5) is 4.49. The van der Waals surface area contributed by atoms with E-state index in [-0.39, 0.29) is 0 Å². The molecule has 4 heteroatoms. The predicted octanol–water partition coefficient (Wildman–Crippen LogP) is 2.30. The van der Waals surface area contributed by atoms with Crippen molar-refractivity contribution in [1.29, 1.82) is 0 Å². The molecule has 0 spiro atoms. The van der Waals surface area contributed by atoms with Crippen LogP contribution in [0.5, 0.6) is 0 Å². The van der Waals surface area contributed by atoms with Gasteiger partial charge in [0.15, 0.2) is 0 Å². The summed E-state index contributed by atoms with van der Waals surface area (Å²) < 4.78 is 4.31. The largest absolute Gasteiger partial charge is 0.350 e. The lowest BCUT2D eigenvalue weighted by Gasteiger charge is -2.04. The molecule has 19 heavy (non-hydrogen) atoms. The maximum Gasteiger partial charge on any atom is 0.122 e. The maximum absolute atomic E-state index is 4.49. The number of hydrogen-bond donors (Lipinski definition) is 1. The normalized spacial score (nSPS) is 11.3. The average Bonchev–Trinajstić information content (AvgIpc) is 2.93. The van der Waals surface area contributed by atoms with Crippen LogP contribution in [0.1, 0.15) is 5.82 Å². The molecule has 1 N–H and O–H groups in total. The standard InChI is InChI=1S/C15H18N4/c1-16-9-15-17-8-14(19(15)3)12-10-18(2)13-7-5-4-6-11(12)13/h4-8,10,16H,9H2,1-3H3. The Balaban J connectivity index is 2.19. The van der Waals surface area contributed by atoms with Gasteiger partial charge in [0.05, 0.1) is 18.4 Å². The van der Waals surface area contributed by atoms with Crippen LogP contribution in [0.3, 0.4) is 0 Å². The van der Waals surface area contributed by atoms with E-state index in [2.05, 4.69) is 64.0 Å². The van der Waals surface area contributed by atoms with Crippen molar-refractivity contribution in [2.45, 2.75) is 6.54 Å². The highest BCUT2D eigenvalue weighted by Crippen LogP contribution is 2.30. The minimum Gasteiger partial charge on any atom is -0.350 e. The van der Waals surface area contributed by atoms with Gasteiger partial charge in [-0.25, -0.2) is 4.98 Å². The molecule has 2 aromatic heterocycles. The maximum atomic E-state index is 4.49. The predicted molar refractivity (Wildman–Crippen MR) is 77.9 cm³/mol. The second kappa shape index (κ2) is 4.55. The fourth-order valence-corrected chi connectivity index (χ4v) is 2.57. The van der Waals surface area contributed by atoms with Crippen LogP contribution in [-0.4, -0.2) is 21.2 Å². The van der Waals surface area contributed by atoms with Crippen LogP contribution >= 0.6 is 0 Å². The summed E-state index contributed by atoms with van der Waals surface area (Å²) in [5, 5.41) is 4.41. The smallest absolute Gasteiger partial charge is 0.122 e. The lowest BCUT2D eigenvalue weighted by Crippen LogP contribution is -2.10. The molecule has 4 nitrogen and oxygen atoms in total. The van der Waals surface area contributed by atoms with E-state index in [9.17, 15) is 0 Å². The summed E-state index contributed by atoms with van der Waals surface area (Å²) in [5.41, 5.74) is 3.63. The van der Waals surface area contributed by atoms with Crippen LogP contribution in [0.4, 0.5) is 0 Å². The molecular weight excluding hydrogens is 236 g/mol. The van der Waals surface area contributed by atoms with Crippen LogP contribution in [0.25, 0.3) is 22.2 Å². The van der Waals surface area contributed by atoms with E-state index in [0.717, 1.165) is 18.1 Å². The van der Waals surface area contributed by atoms with E-state index >= 15 is 0 Å². The molecule has 3 rings (SSSR count). The van der Waals surface area contributed by atoms with Gasteiger partial charge in [-0.3, -0.25) is 0 Å². The lowest BCUT2D eigenvalue weighted by atomic mass is 10.1. The molecule has 0 saturated carbocycles. The van der Waals surface area contributed by atoms with Crippen molar-refractivity contribution in [3.05, 3.63) is 42.5 Å². The van der Waals surface area contributed by atoms with Crippen molar-refractivity contribution in [2.24, 2.45) is 14.1 Å². The minimum absolute atomic E-state index is 0.779. The highest BCUT2D eigenvalue weighted by molar-refractivity contribution is 5.95. The van der Waals surface area contributed by atoms with Crippen molar-refractivity contribution >= 4 is 10.9 Å². The number of aromatic nitrogens is 3. The molecule has 98 valence electrons. The fraction of sp³-hybridized carbons (Fsp3) is 0.267. The molecule has 3 aromatic rings. The summed E-state index contributed by atoms with van der Waals surface area (Å²) in [5.74, 6) is 1.05. The third-order valence-corrected chi connectivity index (χ3v) is 3.59. The number of para-hydroxylation sites is 1. The molecule has 0 aliphatic heterocycles.